The first-order valence-corrected chi connectivity index (χ1v) is 18.4. The van der Waals surface area contributed by atoms with Crippen LogP contribution in [0.4, 0.5) is 0 Å². The van der Waals surface area contributed by atoms with Crippen molar-refractivity contribution in [2.75, 3.05) is 79.2 Å². The second-order valence-electron chi connectivity index (χ2n) is 11.8. The van der Waals surface area contributed by atoms with E-state index in [0.29, 0.717) is 72.0 Å². The molecule has 47 heavy (non-hydrogen) atoms. The molecule has 0 aliphatic carbocycles. The Kier molecular flexibility index (Phi) is 12.6. The first-order chi connectivity index (χ1) is 23.2. The van der Waals surface area contributed by atoms with Crippen LogP contribution in [-0.4, -0.2) is 115 Å². The Bertz CT molecular complexity index is 1340. The van der Waals surface area contributed by atoms with Crippen molar-refractivity contribution >= 4 is 17.8 Å². The van der Waals surface area contributed by atoms with Gasteiger partial charge < -0.3 is 42.5 Å². The fourth-order valence-corrected chi connectivity index (χ4v) is 9.01. The maximum atomic E-state index is 14.6. The van der Waals surface area contributed by atoms with E-state index in [9.17, 15) is 4.57 Å². The Labute approximate surface area is 277 Å². The van der Waals surface area contributed by atoms with E-state index in [2.05, 4.69) is 4.90 Å². The highest BCUT2D eigenvalue weighted by molar-refractivity contribution is 7.78. The van der Waals surface area contributed by atoms with Gasteiger partial charge in [0.2, 0.25) is 0 Å². The lowest BCUT2D eigenvalue weighted by atomic mass is 9.97. The number of methoxy groups -OCH3 is 1. The van der Waals surface area contributed by atoms with Gasteiger partial charge in [0, 0.05) is 49.1 Å². The van der Waals surface area contributed by atoms with Gasteiger partial charge in [0.05, 0.1) is 46.2 Å². The van der Waals surface area contributed by atoms with E-state index in [1.165, 1.54) is 0 Å². The van der Waals surface area contributed by atoms with Crippen LogP contribution in [0, 0.1) is 0 Å². The van der Waals surface area contributed by atoms with Gasteiger partial charge in [-0.05, 0) is 0 Å². The van der Waals surface area contributed by atoms with Crippen LogP contribution >= 0.6 is 7.14 Å². The predicted molar refractivity (Wildman–Crippen MR) is 178 cm³/mol. The molecule has 0 bridgehead atoms. The Hall–Kier alpha value is -2.47. The van der Waals surface area contributed by atoms with Gasteiger partial charge in [-0.15, -0.1) is 0 Å². The van der Waals surface area contributed by atoms with Gasteiger partial charge in [-0.2, -0.15) is 0 Å². The molecule has 0 N–H and O–H groups in total. The highest BCUT2D eigenvalue weighted by Gasteiger charge is 2.51. The summed E-state index contributed by atoms with van der Waals surface area (Å²) in [4.78, 5) is 2.26. The standard InChI is InChI=1S/C36H46NO9P/c1-39-36-34-33(32-31(45-36)27-44-35(46-32)28-11-5-2-6-12-28)42-24-22-40-20-17-37(18-21-41-23-25-43-34)19-26-47(38,29-13-7-3-8-14-29)30-15-9-4-10-16-30/h2-16,31-36H,17-27H2,1H3/t31-,32-,33+,34-,35?,36+/m1/s1. The van der Waals surface area contributed by atoms with E-state index in [1.54, 1.807) is 7.11 Å². The van der Waals surface area contributed by atoms with E-state index in [-0.39, 0.29) is 6.10 Å². The molecule has 3 saturated heterocycles. The van der Waals surface area contributed by atoms with E-state index in [1.807, 2.05) is 91.0 Å². The molecular weight excluding hydrogens is 621 g/mol. The largest absolute Gasteiger partial charge is 0.378 e. The van der Waals surface area contributed by atoms with Crippen molar-refractivity contribution in [2.45, 2.75) is 37.0 Å². The van der Waals surface area contributed by atoms with E-state index >= 15 is 0 Å². The van der Waals surface area contributed by atoms with Gasteiger partial charge in [-0.3, -0.25) is 4.90 Å². The SMILES string of the molecule is CO[C@H]1O[C@@H]2COC(c3ccccc3)O[C@H]2[C@@H]2OCCOCCN(CCP(=O)(c3ccccc3)c3ccccc3)CCOCCO[C@@H]12. The minimum atomic E-state index is -2.84. The molecule has 3 aliphatic heterocycles. The third-order valence-corrected chi connectivity index (χ3v) is 11.9. The Balaban J connectivity index is 1.09. The molecule has 3 aromatic rings. The molecule has 6 rings (SSSR count). The third-order valence-electron chi connectivity index (χ3n) is 8.85. The average Bonchev–Trinajstić information content (AvgIpc) is 3.14. The highest BCUT2D eigenvalue weighted by atomic mass is 31.2. The van der Waals surface area contributed by atoms with Gasteiger partial charge in [0.1, 0.15) is 31.6 Å². The molecule has 0 radical (unpaired) electrons. The number of hydrogen-bond donors (Lipinski definition) is 0. The van der Waals surface area contributed by atoms with Crippen molar-refractivity contribution in [1.82, 2.24) is 4.90 Å². The monoisotopic (exact) mass is 667 g/mol. The zero-order valence-corrected chi connectivity index (χ0v) is 27.9. The van der Waals surface area contributed by atoms with Crippen LogP contribution in [0.5, 0.6) is 0 Å². The summed E-state index contributed by atoms with van der Waals surface area (Å²) < 4.78 is 63.8. The molecule has 3 aromatic carbocycles. The number of rotatable bonds is 7. The molecule has 11 heteroatoms. The summed E-state index contributed by atoms with van der Waals surface area (Å²) in [7, 11) is -1.24. The molecule has 0 aromatic heterocycles. The normalized spacial score (nSPS) is 28.7. The summed E-state index contributed by atoms with van der Waals surface area (Å²) in [5.74, 6) is 0. The van der Waals surface area contributed by atoms with Crippen LogP contribution < -0.4 is 10.6 Å². The second-order valence-corrected chi connectivity index (χ2v) is 14.8. The van der Waals surface area contributed by atoms with Crippen molar-refractivity contribution < 1.29 is 42.5 Å². The van der Waals surface area contributed by atoms with E-state index < -0.39 is 38.0 Å². The number of hydrogen-bond acceptors (Lipinski definition) is 10. The zero-order valence-electron chi connectivity index (χ0n) is 27.0. The molecule has 3 aliphatic rings. The molecule has 10 nitrogen and oxygen atoms in total. The van der Waals surface area contributed by atoms with Gasteiger partial charge in [-0.25, -0.2) is 0 Å². The van der Waals surface area contributed by atoms with Crippen LogP contribution in [0.25, 0.3) is 0 Å². The maximum Gasteiger partial charge on any atom is 0.186 e. The van der Waals surface area contributed by atoms with Crippen LogP contribution in [0.1, 0.15) is 11.9 Å². The molecule has 0 spiro atoms. The van der Waals surface area contributed by atoms with Crippen molar-refractivity contribution in [3.63, 3.8) is 0 Å². The Morgan fingerprint density at radius 2 is 1.26 bits per heavy atom. The van der Waals surface area contributed by atoms with Gasteiger partial charge in [0.15, 0.2) is 12.6 Å². The summed E-state index contributed by atoms with van der Waals surface area (Å²) in [5, 5.41) is 1.74. The van der Waals surface area contributed by atoms with Crippen LogP contribution in [0.15, 0.2) is 91.0 Å². The van der Waals surface area contributed by atoms with Crippen LogP contribution in [0.2, 0.25) is 0 Å². The van der Waals surface area contributed by atoms with Gasteiger partial charge >= 0.3 is 0 Å². The summed E-state index contributed by atoms with van der Waals surface area (Å²) >= 11 is 0. The molecular formula is C36H46NO9P. The molecule has 3 fully saturated rings. The van der Waals surface area contributed by atoms with E-state index in [0.717, 1.165) is 16.2 Å². The fraction of sp³-hybridized carbons (Fsp3) is 0.500. The number of nitrogens with zero attached hydrogens (tertiary/aromatic N) is 1. The molecule has 0 amide bonds. The third kappa shape index (κ3) is 8.77. The summed E-state index contributed by atoms with van der Waals surface area (Å²) in [6.07, 6.45) is -2.48. The summed E-state index contributed by atoms with van der Waals surface area (Å²) in [6, 6.07) is 29.4. The highest BCUT2D eigenvalue weighted by Crippen LogP contribution is 2.43. The summed E-state index contributed by atoms with van der Waals surface area (Å²) in [5.41, 5.74) is 0.930. The molecule has 0 saturated carbocycles. The van der Waals surface area contributed by atoms with Gasteiger partial charge in [-0.1, -0.05) is 91.0 Å². The predicted octanol–water partition coefficient (Wildman–Crippen LogP) is 3.61. The quantitative estimate of drug-likeness (QED) is 0.348. The Morgan fingerprint density at radius 1 is 0.681 bits per heavy atom. The Morgan fingerprint density at radius 3 is 1.85 bits per heavy atom. The second kappa shape index (κ2) is 17.3. The smallest absolute Gasteiger partial charge is 0.186 e. The maximum absolute atomic E-state index is 14.6. The van der Waals surface area contributed by atoms with Crippen LogP contribution in [0.3, 0.4) is 0 Å². The first kappa shape index (κ1) is 34.4. The molecule has 254 valence electrons. The topological polar surface area (TPSA) is 94.2 Å². The lowest BCUT2D eigenvalue weighted by molar-refractivity contribution is -0.368. The molecule has 6 atom stereocenters. The lowest BCUT2D eigenvalue weighted by Gasteiger charge is -2.48. The zero-order chi connectivity index (χ0) is 32.3. The minimum absolute atomic E-state index is 0.331. The van der Waals surface area contributed by atoms with E-state index in [4.69, 9.17) is 37.9 Å². The first-order valence-electron chi connectivity index (χ1n) is 16.5. The fourth-order valence-electron chi connectivity index (χ4n) is 6.32. The van der Waals surface area contributed by atoms with Crippen molar-refractivity contribution in [3.05, 3.63) is 96.6 Å². The van der Waals surface area contributed by atoms with Crippen molar-refractivity contribution in [1.29, 1.82) is 0 Å². The number of ether oxygens (including phenoxy) is 8. The van der Waals surface area contributed by atoms with Crippen molar-refractivity contribution in [3.8, 4) is 0 Å². The molecule has 3 heterocycles. The molecule has 1 unspecified atom stereocenters. The minimum Gasteiger partial charge on any atom is -0.378 e. The number of benzene rings is 3. The number of fused-ring (bicyclic) bond motifs is 3. The van der Waals surface area contributed by atoms with Crippen LogP contribution in [-0.2, 0) is 42.5 Å². The van der Waals surface area contributed by atoms with Gasteiger partial charge in [0.25, 0.3) is 0 Å². The summed E-state index contributed by atoms with van der Waals surface area (Å²) in [6.45, 7) is 4.81. The average molecular weight is 668 g/mol. The lowest BCUT2D eigenvalue weighted by Crippen LogP contribution is -2.63. The van der Waals surface area contributed by atoms with Crippen molar-refractivity contribution in [2.24, 2.45) is 0 Å².